The molecule has 0 aromatic rings. The molecular formula is C15H27F3N2O. The molecule has 2 aliphatic rings. The second-order valence-electron chi connectivity index (χ2n) is 6.32. The number of halogens is 3. The van der Waals surface area contributed by atoms with Crippen LogP contribution in [0.1, 0.15) is 32.6 Å². The van der Waals surface area contributed by atoms with E-state index in [9.17, 15) is 13.2 Å². The molecule has 2 rings (SSSR count). The maximum Gasteiger partial charge on any atom is 0.393 e. The lowest BCUT2D eigenvalue weighted by Crippen LogP contribution is -2.50. The van der Waals surface area contributed by atoms with Gasteiger partial charge in [0.05, 0.1) is 12.5 Å². The van der Waals surface area contributed by atoms with Crippen LogP contribution in [0.2, 0.25) is 0 Å². The van der Waals surface area contributed by atoms with E-state index < -0.39 is 12.1 Å². The molecule has 6 heteroatoms. The van der Waals surface area contributed by atoms with Crippen LogP contribution >= 0.6 is 0 Å². The third kappa shape index (κ3) is 5.11. The van der Waals surface area contributed by atoms with Gasteiger partial charge in [0.15, 0.2) is 0 Å². The van der Waals surface area contributed by atoms with Crippen molar-refractivity contribution in [2.24, 2.45) is 11.8 Å². The maximum atomic E-state index is 12.9. The van der Waals surface area contributed by atoms with Gasteiger partial charge in [0.1, 0.15) is 0 Å². The van der Waals surface area contributed by atoms with Crippen molar-refractivity contribution in [2.75, 3.05) is 39.4 Å². The van der Waals surface area contributed by atoms with E-state index in [1.54, 1.807) is 0 Å². The van der Waals surface area contributed by atoms with Crippen molar-refractivity contribution in [3.05, 3.63) is 0 Å². The number of hydrogen-bond acceptors (Lipinski definition) is 3. The Bertz CT molecular complexity index is 306. The quantitative estimate of drug-likeness (QED) is 0.816. The first kappa shape index (κ1) is 17.0. The maximum absolute atomic E-state index is 12.9. The van der Waals surface area contributed by atoms with E-state index in [1.165, 1.54) is 0 Å². The molecule has 0 saturated carbocycles. The van der Waals surface area contributed by atoms with Gasteiger partial charge in [-0.05, 0) is 38.8 Å². The van der Waals surface area contributed by atoms with E-state index in [2.05, 4.69) is 12.2 Å². The molecule has 1 N–H and O–H groups in total. The van der Waals surface area contributed by atoms with Crippen molar-refractivity contribution in [3.63, 3.8) is 0 Å². The van der Waals surface area contributed by atoms with Crippen molar-refractivity contribution >= 4 is 0 Å². The fourth-order valence-electron chi connectivity index (χ4n) is 3.35. The van der Waals surface area contributed by atoms with Crippen LogP contribution in [0.3, 0.4) is 0 Å². The Morgan fingerprint density at radius 1 is 1.33 bits per heavy atom. The molecule has 2 heterocycles. The lowest BCUT2D eigenvalue weighted by Gasteiger charge is -2.37. The third-order valence-electron chi connectivity index (χ3n) is 4.61. The van der Waals surface area contributed by atoms with Crippen molar-refractivity contribution in [1.82, 2.24) is 10.2 Å². The molecule has 124 valence electrons. The smallest absolute Gasteiger partial charge is 0.381 e. The zero-order valence-corrected chi connectivity index (χ0v) is 12.8. The summed E-state index contributed by atoms with van der Waals surface area (Å²) in [5.41, 5.74) is 0. The van der Waals surface area contributed by atoms with Gasteiger partial charge in [-0.2, -0.15) is 13.2 Å². The van der Waals surface area contributed by atoms with Gasteiger partial charge in [-0.25, -0.2) is 0 Å². The SMILES string of the molecule is CCCNC(CN1CCCC(C(F)(F)F)C1)C1CCOC1. The Balaban J connectivity index is 1.89. The summed E-state index contributed by atoms with van der Waals surface area (Å²) in [6, 6.07) is 0.249. The van der Waals surface area contributed by atoms with Gasteiger partial charge in [-0.1, -0.05) is 6.92 Å². The highest BCUT2D eigenvalue weighted by Gasteiger charge is 2.42. The summed E-state index contributed by atoms with van der Waals surface area (Å²) in [6.07, 6.45) is -1.08. The van der Waals surface area contributed by atoms with E-state index >= 15 is 0 Å². The van der Waals surface area contributed by atoms with Crippen LogP contribution in [0, 0.1) is 11.8 Å². The first-order chi connectivity index (χ1) is 10.0. The fourth-order valence-corrected chi connectivity index (χ4v) is 3.35. The summed E-state index contributed by atoms with van der Waals surface area (Å²) in [5, 5.41) is 3.51. The molecule has 3 nitrogen and oxygen atoms in total. The number of rotatable bonds is 6. The van der Waals surface area contributed by atoms with Gasteiger partial charge in [0, 0.05) is 31.7 Å². The Labute approximate surface area is 125 Å². The average Bonchev–Trinajstić information content (AvgIpc) is 2.97. The molecule has 0 spiro atoms. The van der Waals surface area contributed by atoms with Crippen LogP contribution in [0.5, 0.6) is 0 Å². The molecule has 2 saturated heterocycles. The van der Waals surface area contributed by atoms with E-state index in [0.29, 0.717) is 18.9 Å². The monoisotopic (exact) mass is 308 g/mol. The molecule has 0 amide bonds. The highest BCUT2D eigenvalue weighted by atomic mass is 19.4. The highest BCUT2D eigenvalue weighted by Crippen LogP contribution is 2.33. The minimum Gasteiger partial charge on any atom is -0.381 e. The van der Waals surface area contributed by atoms with Crippen LogP contribution in [0.15, 0.2) is 0 Å². The van der Waals surface area contributed by atoms with Crippen LogP contribution in [0.4, 0.5) is 13.2 Å². The molecule has 21 heavy (non-hydrogen) atoms. The number of nitrogens with one attached hydrogen (secondary N) is 1. The van der Waals surface area contributed by atoms with Gasteiger partial charge >= 0.3 is 6.18 Å². The Morgan fingerprint density at radius 3 is 2.76 bits per heavy atom. The number of nitrogens with zero attached hydrogens (tertiary/aromatic N) is 1. The normalized spacial score (nSPS) is 29.7. The average molecular weight is 308 g/mol. The largest absolute Gasteiger partial charge is 0.393 e. The number of ether oxygens (including phenoxy) is 1. The summed E-state index contributed by atoms with van der Waals surface area (Å²) < 4.78 is 44.1. The van der Waals surface area contributed by atoms with Gasteiger partial charge < -0.3 is 15.0 Å². The zero-order chi connectivity index (χ0) is 15.3. The van der Waals surface area contributed by atoms with E-state index in [-0.39, 0.29) is 19.0 Å². The second kappa shape index (κ2) is 7.79. The number of likely N-dealkylation sites (tertiary alicyclic amines) is 1. The van der Waals surface area contributed by atoms with Gasteiger partial charge in [0.25, 0.3) is 0 Å². The summed E-state index contributed by atoms with van der Waals surface area (Å²) in [5.74, 6) is -0.722. The predicted molar refractivity (Wildman–Crippen MR) is 76.2 cm³/mol. The molecule has 0 bridgehead atoms. The molecule has 0 radical (unpaired) electrons. The molecule has 2 aliphatic heterocycles. The standard InChI is InChI=1S/C15H27F3N2O/c1-2-6-19-14(12-5-8-21-11-12)10-20-7-3-4-13(9-20)15(16,17)18/h12-14,19H,2-11H2,1H3. The van der Waals surface area contributed by atoms with Crippen molar-refractivity contribution in [1.29, 1.82) is 0 Å². The highest BCUT2D eigenvalue weighted by molar-refractivity contribution is 4.85. The number of piperidine rings is 1. The van der Waals surface area contributed by atoms with Gasteiger partial charge in [-0.15, -0.1) is 0 Å². The number of hydrogen-bond donors (Lipinski definition) is 1. The lowest BCUT2D eigenvalue weighted by molar-refractivity contribution is -0.187. The van der Waals surface area contributed by atoms with E-state index in [0.717, 1.165) is 39.1 Å². The van der Waals surface area contributed by atoms with Crippen molar-refractivity contribution in [2.45, 2.75) is 44.8 Å². The summed E-state index contributed by atoms with van der Waals surface area (Å²) in [7, 11) is 0. The fraction of sp³-hybridized carbons (Fsp3) is 1.00. The van der Waals surface area contributed by atoms with Crippen LogP contribution < -0.4 is 5.32 Å². The second-order valence-corrected chi connectivity index (χ2v) is 6.32. The first-order valence-electron chi connectivity index (χ1n) is 8.11. The third-order valence-corrected chi connectivity index (χ3v) is 4.61. The summed E-state index contributed by atoms with van der Waals surface area (Å²) in [6.45, 7) is 6.18. The first-order valence-corrected chi connectivity index (χ1v) is 8.11. The molecular weight excluding hydrogens is 281 g/mol. The summed E-state index contributed by atoms with van der Waals surface area (Å²) in [4.78, 5) is 1.99. The number of alkyl halides is 3. The van der Waals surface area contributed by atoms with Crippen LogP contribution in [0.25, 0.3) is 0 Å². The molecule has 0 aromatic heterocycles. The predicted octanol–water partition coefficient (Wildman–Crippen LogP) is 2.67. The van der Waals surface area contributed by atoms with Crippen LogP contribution in [-0.2, 0) is 4.74 Å². The minimum atomic E-state index is -4.05. The Hall–Kier alpha value is -0.330. The van der Waals surface area contributed by atoms with Crippen molar-refractivity contribution < 1.29 is 17.9 Å². The topological polar surface area (TPSA) is 24.5 Å². The van der Waals surface area contributed by atoms with E-state index in [1.807, 2.05) is 4.90 Å². The van der Waals surface area contributed by atoms with Crippen LogP contribution in [-0.4, -0.2) is 56.5 Å². The zero-order valence-electron chi connectivity index (χ0n) is 12.8. The molecule has 0 aromatic carbocycles. The van der Waals surface area contributed by atoms with Gasteiger partial charge in [-0.3, -0.25) is 0 Å². The molecule has 3 atom stereocenters. The molecule has 3 unspecified atom stereocenters. The van der Waals surface area contributed by atoms with E-state index in [4.69, 9.17) is 4.74 Å². The minimum absolute atomic E-state index is 0.154. The Morgan fingerprint density at radius 2 is 2.14 bits per heavy atom. The Kier molecular flexibility index (Phi) is 6.32. The molecule has 2 fully saturated rings. The molecule has 0 aliphatic carbocycles. The van der Waals surface area contributed by atoms with Crippen molar-refractivity contribution in [3.8, 4) is 0 Å². The van der Waals surface area contributed by atoms with Gasteiger partial charge in [0.2, 0.25) is 0 Å². The summed E-state index contributed by atoms with van der Waals surface area (Å²) >= 11 is 0. The lowest BCUT2D eigenvalue weighted by atomic mass is 9.94.